The summed E-state index contributed by atoms with van der Waals surface area (Å²) in [5.41, 5.74) is 3.39. The van der Waals surface area contributed by atoms with Crippen molar-refractivity contribution in [3.63, 3.8) is 0 Å². The zero-order valence-corrected chi connectivity index (χ0v) is 15.0. The van der Waals surface area contributed by atoms with Gasteiger partial charge in [0.1, 0.15) is 5.75 Å². The predicted molar refractivity (Wildman–Crippen MR) is 98.7 cm³/mol. The number of aryl methyl sites for hydroxylation is 2. The number of aliphatic carboxylic acids is 1. The third-order valence-electron chi connectivity index (χ3n) is 4.89. The molecule has 5 nitrogen and oxygen atoms in total. The normalized spacial score (nSPS) is 14.5. The minimum atomic E-state index is -1.03. The molecule has 2 N–H and O–H groups in total. The summed E-state index contributed by atoms with van der Waals surface area (Å²) < 4.78 is 5.31. The van der Waals surface area contributed by atoms with E-state index in [0.717, 1.165) is 24.0 Å². The first-order valence-electron chi connectivity index (χ1n) is 8.71. The van der Waals surface area contributed by atoms with Crippen LogP contribution in [0.2, 0.25) is 0 Å². The number of hydrogen-bond donors (Lipinski definition) is 2. The molecule has 0 unspecified atom stereocenters. The SMILES string of the molecule is Cc1cc(C(=O)NCC2(c3ccccc3)CC2)cc(C)c1OCC(=O)O. The second kappa shape index (κ2) is 7.20. The van der Waals surface area contributed by atoms with Crippen molar-refractivity contribution in [3.8, 4) is 5.75 Å². The van der Waals surface area contributed by atoms with Crippen molar-refractivity contribution >= 4 is 11.9 Å². The smallest absolute Gasteiger partial charge is 0.341 e. The van der Waals surface area contributed by atoms with Crippen molar-refractivity contribution in [3.05, 3.63) is 64.7 Å². The Labute approximate surface area is 153 Å². The molecule has 2 aromatic rings. The Morgan fingerprint density at radius 2 is 1.73 bits per heavy atom. The van der Waals surface area contributed by atoms with Crippen LogP contribution in [0.1, 0.15) is 39.9 Å². The minimum absolute atomic E-state index is 0.0611. The molecule has 0 aliphatic heterocycles. The highest BCUT2D eigenvalue weighted by Crippen LogP contribution is 2.47. The highest BCUT2D eigenvalue weighted by Gasteiger charge is 2.44. The molecule has 5 heteroatoms. The Hall–Kier alpha value is -2.82. The van der Waals surface area contributed by atoms with Crippen LogP contribution in [0.25, 0.3) is 0 Å². The average molecular weight is 353 g/mol. The van der Waals surface area contributed by atoms with E-state index >= 15 is 0 Å². The zero-order chi connectivity index (χ0) is 18.7. The lowest BCUT2D eigenvalue weighted by atomic mass is 9.96. The van der Waals surface area contributed by atoms with Crippen molar-refractivity contribution < 1.29 is 19.4 Å². The Morgan fingerprint density at radius 1 is 1.12 bits per heavy atom. The number of nitrogens with one attached hydrogen (secondary N) is 1. The van der Waals surface area contributed by atoms with Crippen molar-refractivity contribution in [2.75, 3.05) is 13.2 Å². The van der Waals surface area contributed by atoms with Gasteiger partial charge in [0, 0.05) is 17.5 Å². The number of carbonyl (C=O) groups is 2. The van der Waals surface area contributed by atoms with Gasteiger partial charge in [-0.05, 0) is 55.5 Å². The van der Waals surface area contributed by atoms with Crippen LogP contribution in [0.3, 0.4) is 0 Å². The van der Waals surface area contributed by atoms with Gasteiger partial charge in [0.05, 0.1) is 0 Å². The molecule has 1 amide bonds. The molecule has 0 heterocycles. The minimum Gasteiger partial charge on any atom is -0.481 e. The Bertz CT molecular complexity index is 802. The number of carbonyl (C=O) groups excluding carboxylic acids is 1. The van der Waals surface area contributed by atoms with E-state index in [1.165, 1.54) is 5.56 Å². The summed E-state index contributed by atoms with van der Waals surface area (Å²) in [6.07, 6.45) is 2.16. The van der Waals surface area contributed by atoms with E-state index in [1.54, 1.807) is 12.1 Å². The maximum absolute atomic E-state index is 12.6. The number of benzene rings is 2. The van der Waals surface area contributed by atoms with Gasteiger partial charge >= 0.3 is 5.97 Å². The van der Waals surface area contributed by atoms with E-state index in [4.69, 9.17) is 9.84 Å². The molecule has 0 saturated heterocycles. The van der Waals surface area contributed by atoms with E-state index in [1.807, 2.05) is 32.0 Å². The first kappa shape index (κ1) is 18.0. The third kappa shape index (κ3) is 3.87. The number of carboxylic acid groups (broad SMARTS) is 1. The first-order valence-corrected chi connectivity index (χ1v) is 8.71. The molecule has 1 aliphatic rings. The monoisotopic (exact) mass is 353 g/mol. The Kier molecular flexibility index (Phi) is 4.98. The van der Waals surface area contributed by atoms with Gasteiger partial charge in [-0.1, -0.05) is 30.3 Å². The van der Waals surface area contributed by atoms with Crippen LogP contribution in [0.4, 0.5) is 0 Å². The summed E-state index contributed by atoms with van der Waals surface area (Å²) in [4.78, 5) is 23.3. The molecule has 1 fully saturated rings. The van der Waals surface area contributed by atoms with Crippen molar-refractivity contribution in [1.82, 2.24) is 5.32 Å². The molecule has 2 aromatic carbocycles. The summed E-state index contributed by atoms with van der Waals surface area (Å²) in [6, 6.07) is 13.8. The summed E-state index contributed by atoms with van der Waals surface area (Å²) in [6.45, 7) is 3.85. The molecule has 0 aromatic heterocycles. The van der Waals surface area contributed by atoms with E-state index in [-0.39, 0.29) is 11.3 Å². The van der Waals surface area contributed by atoms with Crippen LogP contribution in [-0.2, 0) is 10.2 Å². The molecule has 26 heavy (non-hydrogen) atoms. The van der Waals surface area contributed by atoms with Gasteiger partial charge in [-0.2, -0.15) is 0 Å². The van der Waals surface area contributed by atoms with E-state index in [9.17, 15) is 9.59 Å². The topological polar surface area (TPSA) is 75.6 Å². The summed E-state index contributed by atoms with van der Waals surface area (Å²) >= 11 is 0. The average Bonchev–Trinajstić information content (AvgIpc) is 3.40. The maximum atomic E-state index is 12.6. The molecule has 0 bridgehead atoms. The van der Waals surface area contributed by atoms with Crippen LogP contribution in [0.15, 0.2) is 42.5 Å². The van der Waals surface area contributed by atoms with E-state index in [0.29, 0.717) is 17.9 Å². The molecule has 136 valence electrons. The lowest BCUT2D eigenvalue weighted by molar-refractivity contribution is -0.139. The fourth-order valence-electron chi connectivity index (χ4n) is 3.30. The number of ether oxygens (including phenoxy) is 1. The van der Waals surface area contributed by atoms with Crippen molar-refractivity contribution in [2.24, 2.45) is 0 Å². The van der Waals surface area contributed by atoms with Crippen LogP contribution < -0.4 is 10.1 Å². The predicted octanol–water partition coefficient (Wildman–Crippen LogP) is 3.23. The molecule has 1 saturated carbocycles. The van der Waals surface area contributed by atoms with Crippen LogP contribution in [0, 0.1) is 13.8 Å². The second-order valence-electron chi connectivity index (χ2n) is 6.95. The number of hydrogen-bond acceptors (Lipinski definition) is 3. The highest BCUT2D eigenvalue weighted by atomic mass is 16.5. The molecule has 0 spiro atoms. The van der Waals surface area contributed by atoms with E-state index in [2.05, 4.69) is 17.4 Å². The van der Waals surface area contributed by atoms with Gasteiger partial charge < -0.3 is 15.2 Å². The van der Waals surface area contributed by atoms with E-state index < -0.39 is 12.6 Å². The molecule has 0 atom stereocenters. The van der Waals surface area contributed by atoms with Gasteiger partial charge in [-0.15, -0.1) is 0 Å². The Balaban J connectivity index is 1.68. The van der Waals surface area contributed by atoms with Crippen molar-refractivity contribution in [1.29, 1.82) is 0 Å². The fraction of sp³-hybridized carbons (Fsp3) is 0.333. The fourth-order valence-corrected chi connectivity index (χ4v) is 3.30. The second-order valence-corrected chi connectivity index (χ2v) is 6.95. The van der Waals surface area contributed by atoms with Gasteiger partial charge in [-0.3, -0.25) is 4.79 Å². The number of carboxylic acids is 1. The largest absolute Gasteiger partial charge is 0.481 e. The highest BCUT2D eigenvalue weighted by molar-refractivity contribution is 5.95. The molecular weight excluding hydrogens is 330 g/mol. The summed E-state index contributed by atoms with van der Waals surface area (Å²) in [5.74, 6) is -0.628. The quantitative estimate of drug-likeness (QED) is 0.801. The van der Waals surface area contributed by atoms with Crippen LogP contribution >= 0.6 is 0 Å². The number of rotatable bonds is 7. The maximum Gasteiger partial charge on any atom is 0.341 e. The standard InChI is InChI=1S/C21H23NO4/c1-14-10-16(11-15(2)19(14)26-12-18(23)24)20(25)22-13-21(8-9-21)17-6-4-3-5-7-17/h3-7,10-11H,8-9,12-13H2,1-2H3,(H,22,25)(H,23,24). The van der Waals surface area contributed by atoms with Gasteiger partial charge in [0.2, 0.25) is 0 Å². The van der Waals surface area contributed by atoms with Gasteiger partial charge in [0.25, 0.3) is 5.91 Å². The molecule has 3 rings (SSSR count). The zero-order valence-electron chi connectivity index (χ0n) is 15.0. The molecule has 0 radical (unpaired) electrons. The Morgan fingerprint density at radius 3 is 2.27 bits per heavy atom. The van der Waals surface area contributed by atoms with Crippen LogP contribution in [-0.4, -0.2) is 30.1 Å². The molecular formula is C21H23NO4. The van der Waals surface area contributed by atoms with Crippen LogP contribution in [0.5, 0.6) is 5.75 Å². The lowest BCUT2D eigenvalue weighted by Gasteiger charge is -2.17. The number of amides is 1. The van der Waals surface area contributed by atoms with Crippen molar-refractivity contribution in [2.45, 2.75) is 32.1 Å². The van der Waals surface area contributed by atoms with Gasteiger partial charge in [-0.25, -0.2) is 4.79 Å². The first-order chi connectivity index (χ1) is 12.4. The van der Waals surface area contributed by atoms with Gasteiger partial charge in [0.15, 0.2) is 6.61 Å². The lowest BCUT2D eigenvalue weighted by Crippen LogP contribution is -2.32. The third-order valence-corrected chi connectivity index (χ3v) is 4.89. The summed E-state index contributed by atoms with van der Waals surface area (Å²) in [5, 5.41) is 11.8. The molecule has 1 aliphatic carbocycles. The summed E-state index contributed by atoms with van der Waals surface area (Å²) in [7, 11) is 0.